The van der Waals surface area contributed by atoms with E-state index in [4.69, 9.17) is 19.6 Å². The lowest BCUT2D eigenvalue weighted by molar-refractivity contribution is 0.413. The Morgan fingerprint density at radius 2 is 1.88 bits per heavy atom. The number of imidazole rings is 1. The van der Waals surface area contributed by atoms with Crippen LogP contribution >= 0.6 is 0 Å². The van der Waals surface area contributed by atoms with Crippen molar-refractivity contribution in [2.24, 2.45) is 0 Å². The number of benzene rings is 2. The minimum absolute atomic E-state index is 0.248. The van der Waals surface area contributed by atoms with Gasteiger partial charge in [-0.25, -0.2) is 14.6 Å². The summed E-state index contributed by atoms with van der Waals surface area (Å²) in [7, 11) is 3.37. The van der Waals surface area contributed by atoms with Gasteiger partial charge in [0.05, 0.1) is 31.9 Å². The van der Waals surface area contributed by atoms with E-state index in [2.05, 4.69) is 23.2 Å². The second-order valence-corrected chi connectivity index (χ2v) is 8.21. The van der Waals surface area contributed by atoms with E-state index in [-0.39, 0.29) is 5.92 Å². The summed E-state index contributed by atoms with van der Waals surface area (Å²) in [4.78, 5) is 9.17. The second-order valence-electron chi connectivity index (χ2n) is 8.21. The van der Waals surface area contributed by atoms with Crippen molar-refractivity contribution in [1.82, 2.24) is 24.3 Å². The molecule has 4 aromatic rings. The number of fused-ring (bicyclic) bond motifs is 1. The highest BCUT2D eigenvalue weighted by atomic mass is 16.5. The van der Waals surface area contributed by atoms with Gasteiger partial charge in [0.2, 0.25) is 0 Å². The molecular formula is C26H27N5O2. The molecule has 0 unspecified atom stereocenters. The fourth-order valence-corrected chi connectivity index (χ4v) is 4.33. The number of hydrogen-bond acceptors (Lipinski definition) is 5. The third-order valence-corrected chi connectivity index (χ3v) is 6.03. The molecule has 5 rings (SSSR count). The van der Waals surface area contributed by atoms with Crippen molar-refractivity contribution in [1.29, 1.82) is 0 Å². The number of hydrogen-bond donors (Lipinski definition) is 0. The number of ether oxygens (including phenoxy) is 2. The zero-order chi connectivity index (χ0) is 22.8. The van der Waals surface area contributed by atoms with Crippen LogP contribution < -0.4 is 9.47 Å². The van der Waals surface area contributed by atoms with Gasteiger partial charge in [0.1, 0.15) is 17.3 Å². The molecule has 0 fully saturated rings. The molecule has 2 aromatic carbocycles. The van der Waals surface area contributed by atoms with Crippen molar-refractivity contribution in [3.05, 3.63) is 83.5 Å². The van der Waals surface area contributed by atoms with Crippen LogP contribution in [0, 0.1) is 6.92 Å². The maximum Gasteiger partial charge on any atom is 0.174 e. The summed E-state index contributed by atoms with van der Waals surface area (Å²) in [5.41, 5.74) is 4.18. The topological polar surface area (TPSA) is 67.0 Å². The first kappa shape index (κ1) is 21.0. The maximum absolute atomic E-state index is 5.62. The molecule has 2 aromatic heterocycles. The van der Waals surface area contributed by atoms with Crippen LogP contribution in [0.25, 0.3) is 17.8 Å². The van der Waals surface area contributed by atoms with Gasteiger partial charge >= 0.3 is 0 Å². The first-order valence-electron chi connectivity index (χ1n) is 11.1. The van der Waals surface area contributed by atoms with Crippen molar-refractivity contribution >= 4 is 12.2 Å². The molecule has 168 valence electrons. The number of nitrogens with zero attached hydrogens (tertiary/aromatic N) is 5. The molecule has 0 spiro atoms. The first-order valence-corrected chi connectivity index (χ1v) is 11.1. The minimum Gasteiger partial charge on any atom is -0.497 e. The lowest BCUT2D eigenvalue weighted by atomic mass is 9.91. The van der Waals surface area contributed by atoms with Crippen LogP contribution in [-0.2, 0) is 6.54 Å². The van der Waals surface area contributed by atoms with Crippen molar-refractivity contribution in [3.8, 4) is 17.2 Å². The molecule has 0 saturated carbocycles. The average molecular weight is 442 g/mol. The largest absolute Gasteiger partial charge is 0.497 e. The van der Waals surface area contributed by atoms with Gasteiger partial charge < -0.3 is 14.0 Å². The summed E-state index contributed by atoms with van der Waals surface area (Å²) in [6.07, 6.45) is 9.91. The van der Waals surface area contributed by atoms with Gasteiger partial charge in [0.25, 0.3) is 0 Å². The van der Waals surface area contributed by atoms with Crippen molar-refractivity contribution in [3.63, 3.8) is 0 Å². The van der Waals surface area contributed by atoms with Crippen LogP contribution in [0.4, 0.5) is 0 Å². The third kappa shape index (κ3) is 4.26. The highest BCUT2D eigenvalue weighted by molar-refractivity contribution is 5.69. The monoisotopic (exact) mass is 441 g/mol. The fraction of sp³-hybridized carbons (Fsp3) is 0.269. The van der Waals surface area contributed by atoms with Crippen LogP contribution in [-0.4, -0.2) is 38.5 Å². The predicted molar refractivity (Wildman–Crippen MR) is 128 cm³/mol. The summed E-state index contributed by atoms with van der Waals surface area (Å²) in [6, 6.07) is 14.4. The predicted octanol–water partition coefficient (Wildman–Crippen LogP) is 4.89. The van der Waals surface area contributed by atoms with Crippen LogP contribution in [0.2, 0.25) is 0 Å². The Hall–Kier alpha value is -3.87. The average Bonchev–Trinajstić information content (AvgIpc) is 3.48. The Balaban J connectivity index is 1.39. The summed E-state index contributed by atoms with van der Waals surface area (Å²) < 4.78 is 14.9. The Morgan fingerprint density at radius 3 is 2.61 bits per heavy atom. The van der Waals surface area contributed by atoms with E-state index in [9.17, 15) is 0 Å². The van der Waals surface area contributed by atoms with Crippen LogP contribution in [0.1, 0.15) is 47.2 Å². The lowest BCUT2D eigenvalue weighted by Gasteiger charge is -2.22. The van der Waals surface area contributed by atoms with E-state index in [1.165, 1.54) is 5.56 Å². The van der Waals surface area contributed by atoms with E-state index in [1.54, 1.807) is 20.5 Å². The van der Waals surface area contributed by atoms with E-state index in [0.29, 0.717) is 0 Å². The molecule has 1 atom stereocenters. The Bertz CT molecular complexity index is 1290. The minimum atomic E-state index is 0.248. The second kappa shape index (κ2) is 8.94. The van der Waals surface area contributed by atoms with Crippen molar-refractivity contribution < 1.29 is 9.47 Å². The highest BCUT2D eigenvalue weighted by Crippen LogP contribution is 2.33. The quantitative estimate of drug-likeness (QED) is 0.426. The zero-order valence-corrected chi connectivity index (χ0v) is 19.1. The van der Waals surface area contributed by atoms with Gasteiger partial charge in [-0.05, 0) is 61.2 Å². The summed E-state index contributed by atoms with van der Waals surface area (Å²) >= 11 is 0. The normalized spacial score (nSPS) is 15.5. The molecule has 0 radical (unpaired) electrons. The number of rotatable bonds is 6. The first-order chi connectivity index (χ1) is 16.1. The fourth-order valence-electron chi connectivity index (χ4n) is 4.33. The van der Waals surface area contributed by atoms with Gasteiger partial charge in [-0.15, -0.1) is 0 Å². The highest BCUT2D eigenvalue weighted by Gasteiger charge is 2.25. The standard InChI is InChI=1S/C26H27N5O2/c1-18-16-30(17-27-18)23-12-6-19(15-24(23)33-3)7-13-25-28-26-22(5-4-14-31(26)29-25)20-8-10-21(32-2)11-9-20/h6-13,15-17,22H,4-5,14H2,1-3H3/t22-/m0/s1. The van der Waals surface area contributed by atoms with E-state index >= 15 is 0 Å². The Labute approximate surface area is 193 Å². The smallest absolute Gasteiger partial charge is 0.174 e. The van der Waals surface area contributed by atoms with Gasteiger partial charge in [-0.2, -0.15) is 5.10 Å². The van der Waals surface area contributed by atoms with Crippen molar-refractivity contribution in [2.75, 3.05) is 14.2 Å². The van der Waals surface area contributed by atoms with Crippen molar-refractivity contribution in [2.45, 2.75) is 32.2 Å². The molecule has 0 aliphatic carbocycles. The summed E-state index contributed by atoms with van der Waals surface area (Å²) in [5, 5.41) is 4.74. The molecule has 3 heterocycles. The molecule has 7 heteroatoms. The van der Waals surface area contributed by atoms with Gasteiger partial charge in [0, 0.05) is 18.7 Å². The molecule has 0 amide bonds. The molecule has 1 aliphatic rings. The number of aryl methyl sites for hydroxylation is 2. The van der Waals surface area contributed by atoms with Crippen LogP contribution in [0.3, 0.4) is 0 Å². The Kier molecular flexibility index (Phi) is 5.69. The number of methoxy groups -OCH3 is 2. The molecule has 0 bridgehead atoms. The third-order valence-electron chi connectivity index (χ3n) is 6.03. The molecule has 33 heavy (non-hydrogen) atoms. The summed E-state index contributed by atoms with van der Waals surface area (Å²) in [6.45, 7) is 2.87. The van der Waals surface area contributed by atoms with Crippen LogP contribution in [0.5, 0.6) is 11.5 Å². The maximum atomic E-state index is 5.62. The van der Waals surface area contributed by atoms with E-state index < -0.39 is 0 Å². The van der Waals surface area contributed by atoms with E-state index in [0.717, 1.165) is 59.5 Å². The van der Waals surface area contributed by atoms with Crippen LogP contribution in [0.15, 0.2) is 55.0 Å². The number of aromatic nitrogens is 5. The Morgan fingerprint density at radius 1 is 1.03 bits per heavy atom. The SMILES string of the molecule is COc1ccc([C@@H]2CCCn3nc(C=Cc4ccc(-n5cnc(C)c5)c(OC)c4)nc32)cc1. The zero-order valence-electron chi connectivity index (χ0n) is 19.1. The molecular weight excluding hydrogens is 414 g/mol. The van der Waals surface area contributed by atoms with Gasteiger partial charge in [-0.3, -0.25) is 0 Å². The van der Waals surface area contributed by atoms with Gasteiger partial charge in [-0.1, -0.05) is 24.3 Å². The lowest BCUT2D eigenvalue weighted by Crippen LogP contribution is -2.17. The molecule has 7 nitrogen and oxygen atoms in total. The van der Waals surface area contributed by atoms with Gasteiger partial charge in [0.15, 0.2) is 5.82 Å². The molecule has 0 N–H and O–H groups in total. The van der Waals surface area contributed by atoms with E-state index in [1.807, 2.05) is 58.8 Å². The molecule has 0 saturated heterocycles. The molecule has 1 aliphatic heterocycles. The summed E-state index contributed by atoms with van der Waals surface area (Å²) in [5.74, 6) is 3.64.